The van der Waals surface area contributed by atoms with Crippen LogP contribution in [0.2, 0.25) is 10.0 Å². The highest BCUT2D eigenvalue weighted by atomic mass is 35.5. The average molecular weight is 828 g/mol. The molecular weight excluding hydrogens is 792 g/mol. The van der Waals surface area contributed by atoms with Crippen molar-refractivity contribution in [2.24, 2.45) is 0 Å². The molecule has 0 bridgehead atoms. The molecule has 0 amide bonds. The molecule has 0 atom stereocenters. The van der Waals surface area contributed by atoms with Crippen LogP contribution in [0.4, 0.5) is 19.0 Å². The number of nitrogens with zero attached hydrogens (tertiary/aromatic N) is 4. The lowest BCUT2D eigenvalue weighted by Crippen LogP contribution is -2.52. The number of alkyl halides is 3. The van der Waals surface area contributed by atoms with Crippen LogP contribution in [-0.4, -0.2) is 59.3 Å². The lowest BCUT2D eigenvalue weighted by molar-refractivity contribution is -0.0490. The molecule has 1 saturated heterocycles. The van der Waals surface area contributed by atoms with Gasteiger partial charge in [0.1, 0.15) is 11.1 Å². The van der Waals surface area contributed by atoms with E-state index in [0.29, 0.717) is 47.8 Å². The van der Waals surface area contributed by atoms with Gasteiger partial charge in [0.2, 0.25) is 0 Å². The molecule has 7 nitrogen and oxygen atoms in total. The summed E-state index contributed by atoms with van der Waals surface area (Å²) in [5.41, 5.74) is -3.36. The topological polar surface area (TPSA) is 78.7 Å². The summed E-state index contributed by atoms with van der Waals surface area (Å²) in [5, 5.41) is 19.9. The van der Waals surface area contributed by atoms with E-state index in [4.69, 9.17) is 28.3 Å². The second kappa shape index (κ2) is 15.0. The lowest BCUT2D eigenvalue weighted by atomic mass is 9.77. The number of aliphatic hydroxyl groups is 1. The Balaban J connectivity index is 1.41. The van der Waals surface area contributed by atoms with Gasteiger partial charge in [0, 0.05) is 41.6 Å². The first-order valence-corrected chi connectivity index (χ1v) is 20.3. The van der Waals surface area contributed by atoms with Gasteiger partial charge in [-0.25, -0.2) is 13.1 Å². The highest BCUT2D eigenvalue weighted by Gasteiger charge is 2.51. The van der Waals surface area contributed by atoms with Crippen LogP contribution in [-0.2, 0) is 21.2 Å². The van der Waals surface area contributed by atoms with Gasteiger partial charge in [0.05, 0.1) is 5.52 Å². The average Bonchev–Trinajstić information content (AvgIpc) is 3.61. The van der Waals surface area contributed by atoms with Gasteiger partial charge in [-0.15, -0.1) is 0 Å². The molecule has 290 valence electrons. The maximum atomic E-state index is 13.6. The molecule has 6 aromatic carbocycles. The molecule has 8 rings (SSSR count). The Morgan fingerprint density at radius 3 is 1.40 bits per heavy atom. The Hall–Kier alpha value is -5.17. The summed E-state index contributed by atoms with van der Waals surface area (Å²) in [6.45, 7) is -0.953. The smallest absolute Gasteiger partial charge is 0.376 e. The van der Waals surface area contributed by atoms with E-state index in [1.54, 1.807) is 53.4 Å². The summed E-state index contributed by atoms with van der Waals surface area (Å²) in [4.78, 5) is 1.81. The van der Waals surface area contributed by atoms with Crippen LogP contribution in [0.25, 0.3) is 10.9 Å². The maximum absolute atomic E-state index is 13.6. The third-order valence-electron chi connectivity index (χ3n) is 10.7. The van der Waals surface area contributed by atoms with Crippen molar-refractivity contribution in [2.45, 2.75) is 16.6 Å². The summed E-state index contributed by atoms with van der Waals surface area (Å²) in [5.74, 6) is 0.414. The minimum absolute atomic E-state index is 0.0701. The maximum Gasteiger partial charge on any atom is 0.511 e. The van der Waals surface area contributed by atoms with Crippen LogP contribution >= 0.6 is 23.2 Å². The van der Waals surface area contributed by atoms with Crippen molar-refractivity contribution in [3.05, 3.63) is 201 Å². The van der Waals surface area contributed by atoms with Crippen molar-refractivity contribution in [1.82, 2.24) is 14.1 Å². The second-order valence-electron chi connectivity index (χ2n) is 13.8. The van der Waals surface area contributed by atoms with E-state index in [1.165, 1.54) is 0 Å². The number of benzene rings is 6. The minimum atomic E-state index is -5.54. The molecule has 0 spiro atoms. The van der Waals surface area contributed by atoms with Gasteiger partial charge in [-0.05, 0) is 69.8 Å². The Morgan fingerprint density at radius 1 is 0.561 bits per heavy atom. The normalized spacial score (nSPS) is 14.6. The fourth-order valence-electron chi connectivity index (χ4n) is 7.89. The zero-order valence-corrected chi connectivity index (χ0v) is 32.5. The molecule has 0 radical (unpaired) electrons. The van der Waals surface area contributed by atoms with Crippen LogP contribution in [0.5, 0.6) is 0 Å². The van der Waals surface area contributed by atoms with Crippen molar-refractivity contribution < 1.29 is 26.7 Å². The zero-order valence-electron chi connectivity index (χ0n) is 30.2. The number of hydrogen-bond donors (Lipinski definition) is 1. The summed E-state index contributed by atoms with van der Waals surface area (Å²) in [6, 6.07) is 49.1. The molecule has 2 heterocycles. The molecule has 0 aliphatic carbocycles. The van der Waals surface area contributed by atoms with Crippen molar-refractivity contribution in [3.8, 4) is 0 Å². The molecule has 1 aromatic heterocycles. The van der Waals surface area contributed by atoms with Crippen molar-refractivity contribution >= 4 is 49.9 Å². The number of piperazine rings is 1. The van der Waals surface area contributed by atoms with Gasteiger partial charge >= 0.3 is 15.5 Å². The quantitative estimate of drug-likeness (QED) is 0.147. The molecule has 0 unspecified atom stereocenters. The van der Waals surface area contributed by atoms with Gasteiger partial charge in [0.25, 0.3) is 0 Å². The van der Waals surface area contributed by atoms with Crippen LogP contribution in [0.1, 0.15) is 33.4 Å². The van der Waals surface area contributed by atoms with E-state index in [9.17, 15) is 26.7 Å². The van der Waals surface area contributed by atoms with E-state index in [0.717, 1.165) is 16.7 Å². The van der Waals surface area contributed by atoms with Gasteiger partial charge in [0.15, 0.2) is 5.82 Å². The number of rotatable bonds is 9. The number of anilines is 1. The summed E-state index contributed by atoms with van der Waals surface area (Å²) < 4.78 is 68.3. The number of sulfonamides is 1. The molecule has 13 heteroatoms. The zero-order chi connectivity index (χ0) is 40.0. The first-order chi connectivity index (χ1) is 27.3. The van der Waals surface area contributed by atoms with E-state index >= 15 is 0 Å². The number of fused-ring (bicyclic) bond motifs is 1. The standard InChI is InChI=1S/C44H35Cl2F3N4O3S/c45-37-21-16-34(17-22-37)43(54,35-18-23-38(46)24-19-35)36-20-25-40-39(30-36)41(51-26-28-52(29-27-51)57(55,56)44(47,48)49)50-53(40)42(31-10-4-1-5-11-31,32-12-6-2-7-13-32)33-14-8-3-9-15-33/h1-25,30,54H,26-29H2. The first kappa shape index (κ1) is 38.7. The van der Waals surface area contributed by atoms with E-state index < -0.39 is 39.8 Å². The molecule has 1 aliphatic rings. The molecule has 57 heavy (non-hydrogen) atoms. The van der Waals surface area contributed by atoms with E-state index in [-0.39, 0.29) is 13.1 Å². The summed E-state index contributed by atoms with van der Waals surface area (Å²) >= 11 is 12.6. The molecule has 0 saturated carbocycles. The van der Waals surface area contributed by atoms with Gasteiger partial charge in [-0.2, -0.15) is 22.6 Å². The molecule has 1 aliphatic heterocycles. The van der Waals surface area contributed by atoms with Gasteiger partial charge in [-0.3, -0.25) is 0 Å². The summed E-state index contributed by atoms with van der Waals surface area (Å²) in [6.07, 6.45) is 0. The highest BCUT2D eigenvalue weighted by Crippen LogP contribution is 2.46. The monoisotopic (exact) mass is 826 g/mol. The van der Waals surface area contributed by atoms with E-state index in [2.05, 4.69) is 0 Å². The molecule has 7 aromatic rings. The fourth-order valence-corrected chi connectivity index (χ4v) is 9.08. The minimum Gasteiger partial charge on any atom is -0.376 e. The number of halogens is 5. The predicted octanol–water partition coefficient (Wildman–Crippen LogP) is 9.44. The predicted molar refractivity (Wildman–Crippen MR) is 218 cm³/mol. The highest BCUT2D eigenvalue weighted by molar-refractivity contribution is 7.90. The number of hydrogen-bond acceptors (Lipinski definition) is 5. The van der Waals surface area contributed by atoms with Crippen molar-refractivity contribution in [3.63, 3.8) is 0 Å². The fraction of sp³-hybridized carbons (Fsp3) is 0.159. The third kappa shape index (κ3) is 6.67. The molecule has 1 N–H and O–H groups in total. The van der Waals surface area contributed by atoms with Crippen molar-refractivity contribution in [2.75, 3.05) is 31.1 Å². The Bertz CT molecular complexity index is 2480. The first-order valence-electron chi connectivity index (χ1n) is 18.1. The second-order valence-corrected chi connectivity index (χ2v) is 16.6. The van der Waals surface area contributed by atoms with Crippen LogP contribution in [0, 0.1) is 0 Å². The van der Waals surface area contributed by atoms with Crippen molar-refractivity contribution in [1.29, 1.82) is 0 Å². The van der Waals surface area contributed by atoms with Gasteiger partial charge < -0.3 is 10.0 Å². The summed E-state index contributed by atoms with van der Waals surface area (Å²) in [7, 11) is -5.54. The van der Waals surface area contributed by atoms with Crippen LogP contribution in [0.3, 0.4) is 0 Å². The third-order valence-corrected chi connectivity index (χ3v) is 12.8. The van der Waals surface area contributed by atoms with Crippen LogP contribution in [0.15, 0.2) is 158 Å². The Labute approximate surface area is 338 Å². The molecular formula is C44H35Cl2F3N4O3S. The molecule has 1 fully saturated rings. The lowest BCUT2D eigenvalue weighted by Gasteiger charge is -2.37. The Morgan fingerprint density at radius 2 is 0.982 bits per heavy atom. The SMILES string of the molecule is O=S(=O)(N1CCN(c2nn(C(c3ccccc3)(c3ccccc3)c3ccccc3)c3ccc(C(O)(c4ccc(Cl)cc4)c4ccc(Cl)cc4)cc23)CC1)C(F)(F)F. The van der Waals surface area contributed by atoms with E-state index in [1.807, 2.05) is 114 Å². The van der Waals surface area contributed by atoms with Crippen LogP contribution < -0.4 is 4.90 Å². The largest absolute Gasteiger partial charge is 0.511 e. The van der Waals surface area contributed by atoms with Gasteiger partial charge in [-0.1, -0.05) is 145 Å². The number of aromatic nitrogens is 2. The Kier molecular flexibility index (Phi) is 10.2.